The van der Waals surface area contributed by atoms with Crippen LogP contribution in [0.15, 0.2) is 16.3 Å². The van der Waals surface area contributed by atoms with E-state index in [1.807, 2.05) is 27.7 Å². The van der Waals surface area contributed by atoms with E-state index in [1.165, 1.54) is 6.07 Å². The van der Waals surface area contributed by atoms with Crippen molar-refractivity contribution in [1.82, 2.24) is 5.32 Å². The summed E-state index contributed by atoms with van der Waals surface area (Å²) in [5.74, 6) is -0.0828. The quantitative estimate of drug-likeness (QED) is 0.886. The van der Waals surface area contributed by atoms with E-state index in [9.17, 15) is 13.2 Å². The highest BCUT2D eigenvalue weighted by Crippen LogP contribution is 2.26. The van der Waals surface area contributed by atoms with Gasteiger partial charge >= 0.3 is 0 Å². The van der Waals surface area contributed by atoms with Crippen molar-refractivity contribution >= 4 is 27.3 Å². The number of hydrogen-bond acceptors (Lipinski definition) is 4. The van der Waals surface area contributed by atoms with Crippen molar-refractivity contribution < 1.29 is 13.2 Å². The Morgan fingerprint density at radius 1 is 1.39 bits per heavy atom. The summed E-state index contributed by atoms with van der Waals surface area (Å²) in [4.78, 5) is 12.6. The SMILES string of the molecule is CC(NC(=O)C(C)(C)C)c1ccc(S(N)(=O)=O)s1. The molecule has 7 heteroatoms. The van der Waals surface area contributed by atoms with Crippen molar-refractivity contribution in [3.05, 3.63) is 17.0 Å². The van der Waals surface area contributed by atoms with E-state index < -0.39 is 15.4 Å². The minimum absolute atomic E-state index is 0.0828. The Balaban J connectivity index is 2.84. The van der Waals surface area contributed by atoms with Gasteiger partial charge in [0, 0.05) is 10.3 Å². The Kier molecular flexibility index (Phi) is 4.19. The van der Waals surface area contributed by atoms with Crippen LogP contribution in [0.4, 0.5) is 0 Å². The molecule has 18 heavy (non-hydrogen) atoms. The van der Waals surface area contributed by atoms with Gasteiger partial charge in [0.25, 0.3) is 0 Å². The number of rotatable bonds is 3. The first-order valence-corrected chi connectivity index (χ1v) is 7.81. The van der Waals surface area contributed by atoms with Crippen LogP contribution in [0.5, 0.6) is 0 Å². The van der Waals surface area contributed by atoms with Crippen LogP contribution >= 0.6 is 11.3 Å². The predicted molar refractivity (Wildman–Crippen MR) is 71.7 cm³/mol. The normalized spacial score (nSPS) is 14.3. The van der Waals surface area contributed by atoms with Crippen LogP contribution in [-0.4, -0.2) is 14.3 Å². The molecule has 0 aliphatic rings. The monoisotopic (exact) mass is 290 g/mol. The molecule has 0 fully saturated rings. The highest BCUT2D eigenvalue weighted by Gasteiger charge is 2.24. The molecule has 1 aromatic rings. The molecule has 0 aromatic carbocycles. The van der Waals surface area contributed by atoms with Crippen LogP contribution in [0.25, 0.3) is 0 Å². The molecule has 1 unspecified atom stereocenters. The highest BCUT2D eigenvalue weighted by molar-refractivity contribution is 7.91. The second kappa shape index (κ2) is 4.99. The number of carbonyl (C=O) groups excluding carboxylic acids is 1. The van der Waals surface area contributed by atoms with Crippen LogP contribution in [0.1, 0.15) is 38.6 Å². The number of hydrogen-bond donors (Lipinski definition) is 2. The zero-order valence-electron chi connectivity index (χ0n) is 10.9. The fraction of sp³-hybridized carbons (Fsp3) is 0.545. The van der Waals surface area contributed by atoms with Crippen molar-refractivity contribution in [1.29, 1.82) is 0 Å². The average Bonchev–Trinajstić information content (AvgIpc) is 2.63. The minimum Gasteiger partial charge on any atom is -0.348 e. The maximum absolute atomic E-state index is 11.8. The molecule has 1 heterocycles. The largest absolute Gasteiger partial charge is 0.348 e. The Hall–Kier alpha value is -0.920. The second-order valence-corrected chi connectivity index (χ2v) is 8.05. The topological polar surface area (TPSA) is 89.3 Å². The molecule has 1 rings (SSSR count). The summed E-state index contributed by atoms with van der Waals surface area (Å²) >= 11 is 1.07. The number of nitrogens with one attached hydrogen (secondary N) is 1. The summed E-state index contributed by atoms with van der Waals surface area (Å²) in [6.45, 7) is 7.26. The van der Waals surface area contributed by atoms with Gasteiger partial charge < -0.3 is 5.32 Å². The maximum Gasteiger partial charge on any atom is 0.247 e. The average molecular weight is 290 g/mol. The Morgan fingerprint density at radius 3 is 2.33 bits per heavy atom. The van der Waals surface area contributed by atoms with Gasteiger partial charge in [0.2, 0.25) is 15.9 Å². The molecule has 1 aromatic heterocycles. The number of amides is 1. The van der Waals surface area contributed by atoms with E-state index in [-0.39, 0.29) is 16.2 Å². The van der Waals surface area contributed by atoms with Gasteiger partial charge in [-0.1, -0.05) is 20.8 Å². The number of carbonyl (C=O) groups is 1. The first-order valence-electron chi connectivity index (χ1n) is 5.45. The molecule has 0 aliphatic carbocycles. The van der Waals surface area contributed by atoms with Gasteiger partial charge in [-0.05, 0) is 19.1 Å². The Labute approximate surface area is 111 Å². The van der Waals surface area contributed by atoms with Crippen molar-refractivity contribution in [2.45, 2.75) is 37.9 Å². The number of primary sulfonamides is 1. The molecule has 0 saturated carbocycles. The number of thiophene rings is 1. The molecule has 0 aliphatic heterocycles. The number of nitrogens with two attached hydrogens (primary N) is 1. The van der Waals surface area contributed by atoms with Gasteiger partial charge in [-0.25, -0.2) is 13.6 Å². The van der Waals surface area contributed by atoms with E-state index in [4.69, 9.17) is 5.14 Å². The van der Waals surface area contributed by atoms with Gasteiger partial charge in [-0.2, -0.15) is 0 Å². The molecule has 0 bridgehead atoms. The lowest BCUT2D eigenvalue weighted by Crippen LogP contribution is -2.36. The third kappa shape index (κ3) is 3.79. The maximum atomic E-state index is 11.8. The summed E-state index contributed by atoms with van der Waals surface area (Å²) in [6.07, 6.45) is 0. The molecule has 1 amide bonds. The predicted octanol–water partition coefficient (Wildman–Crippen LogP) is 1.62. The summed E-state index contributed by atoms with van der Waals surface area (Å²) in [7, 11) is -3.67. The molecule has 0 radical (unpaired) electrons. The van der Waals surface area contributed by atoms with E-state index in [0.717, 1.165) is 16.2 Å². The third-order valence-electron chi connectivity index (χ3n) is 2.34. The summed E-state index contributed by atoms with van der Waals surface area (Å²) in [5.41, 5.74) is -0.478. The molecular weight excluding hydrogens is 272 g/mol. The summed E-state index contributed by atoms with van der Waals surface area (Å²) < 4.78 is 22.4. The van der Waals surface area contributed by atoms with Gasteiger partial charge in [0.1, 0.15) is 4.21 Å². The molecule has 0 saturated heterocycles. The minimum atomic E-state index is -3.67. The van der Waals surface area contributed by atoms with Gasteiger partial charge in [-0.3, -0.25) is 4.79 Å². The lowest BCUT2D eigenvalue weighted by atomic mass is 9.95. The zero-order valence-corrected chi connectivity index (χ0v) is 12.5. The van der Waals surface area contributed by atoms with Crippen molar-refractivity contribution in [3.8, 4) is 0 Å². The summed E-state index contributed by atoms with van der Waals surface area (Å²) in [5, 5.41) is 7.87. The van der Waals surface area contributed by atoms with E-state index >= 15 is 0 Å². The molecule has 1 atom stereocenters. The van der Waals surface area contributed by atoms with Crippen molar-refractivity contribution in [2.24, 2.45) is 10.6 Å². The lowest BCUT2D eigenvalue weighted by molar-refractivity contribution is -0.129. The van der Waals surface area contributed by atoms with Gasteiger partial charge in [0.15, 0.2) is 0 Å². The molecule has 102 valence electrons. The smallest absolute Gasteiger partial charge is 0.247 e. The molecular formula is C11H18N2O3S2. The second-order valence-electron chi connectivity index (χ2n) is 5.15. The fourth-order valence-corrected chi connectivity index (χ4v) is 2.96. The lowest BCUT2D eigenvalue weighted by Gasteiger charge is -2.21. The van der Waals surface area contributed by atoms with Crippen LogP contribution < -0.4 is 10.5 Å². The van der Waals surface area contributed by atoms with Crippen LogP contribution in [0.2, 0.25) is 0 Å². The third-order valence-corrected chi connectivity index (χ3v) is 5.04. The first-order chi connectivity index (χ1) is 8.01. The fourth-order valence-electron chi connectivity index (χ4n) is 1.20. The van der Waals surface area contributed by atoms with Gasteiger partial charge in [-0.15, -0.1) is 11.3 Å². The first kappa shape index (κ1) is 15.1. The van der Waals surface area contributed by atoms with E-state index in [1.54, 1.807) is 6.07 Å². The standard InChI is InChI=1S/C11H18N2O3S2/c1-7(13-10(14)11(2,3)4)8-5-6-9(17-8)18(12,15)16/h5-7H,1-4H3,(H,13,14)(H2,12,15,16). The Bertz CT molecular complexity index is 541. The zero-order chi connectivity index (χ0) is 14.1. The molecule has 0 spiro atoms. The van der Waals surface area contributed by atoms with Crippen molar-refractivity contribution in [2.75, 3.05) is 0 Å². The summed E-state index contributed by atoms with van der Waals surface area (Å²) in [6, 6.07) is 2.88. The Morgan fingerprint density at radius 2 is 1.94 bits per heavy atom. The highest BCUT2D eigenvalue weighted by atomic mass is 32.2. The van der Waals surface area contributed by atoms with E-state index in [2.05, 4.69) is 5.32 Å². The molecule has 3 N–H and O–H groups in total. The number of sulfonamides is 1. The molecule has 5 nitrogen and oxygen atoms in total. The van der Waals surface area contributed by atoms with E-state index in [0.29, 0.717) is 0 Å². The van der Waals surface area contributed by atoms with Gasteiger partial charge in [0.05, 0.1) is 6.04 Å². The van der Waals surface area contributed by atoms with Crippen LogP contribution in [0.3, 0.4) is 0 Å². The van der Waals surface area contributed by atoms with Crippen LogP contribution in [0, 0.1) is 5.41 Å². The van der Waals surface area contributed by atoms with Crippen LogP contribution in [-0.2, 0) is 14.8 Å². The van der Waals surface area contributed by atoms with Crippen molar-refractivity contribution in [3.63, 3.8) is 0 Å².